The van der Waals surface area contributed by atoms with Crippen LogP contribution in [0, 0.1) is 18.6 Å². The molecule has 0 spiro atoms. The van der Waals surface area contributed by atoms with Gasteiger partial charge in [0.15, 0.2) is 0 Å². The van der Waals surface area contributed by atoms with Crippen molar-refractivity contribution in [3.63, 3.8) is 0 Å². The number of pyridine rings is 1. The highest BCUT2D eigenvalue weighted by Crippen LogP contribution is 2.26. The predicted molar refractivity (Wildman–Crippen MR) is 102 cm³/mol. The molecule has 0 radical (unpaired) electrons. The lowest BCUT2D eigenvalue weighted by Crippen LogP contribution is -2.49. The Morgan fingerprint density at radius 3 is 2.31 bits per heavy atom. The molecule has 0 atom stereocenters. The molecule has 2 saturated heterocycles. The Balaban J connectivity index is 1.47. The number of ether oxygens (including phenoxy) is 1. The van der Waals surface area contributed by atoms with Gasteiger partial charge in [0.05, 0.1) is 12.2 Å². The number of benzene rings is 1. The van der Waals surface area contributed by atoms with Crippen LogP contribution in [-0.4, -0.2) is 61.2 Å². The molecular weight excluding hydrogens is 382 g/mol. The van der Waals surface area contributed by atoms with Gasteiger partial charge >= 0.3 is 6.09 Å². The Labute approximate surface area is 166 Å². The summed E-state index contributed by atoms with van der Waals surface area (Å²) in [6, 6.07) is 5.86. The summed E-state index contributed by atoms with van der Waals surface area (Å²) in [4.78, 5) is 33.3. The summed E-state index contributed by atoms with van der Waals surface area (Å²) in [5.74, 6) is -1.88. The van der Waals surface area contributed by atoms with E-state index in [1.807, 2.05) is 24.0 Å². The van der Waals surface area contributed by atoms with Gasteiger partial charge < -0.3 is 14.5 Å². The number of halogens is 2. The van der Waals surface area contributed by atoms with Crippen LogP contribution in [0.15, 0.2) is 30.5 Å². The molecule has 2 amide bonds. The molecule has 1 aromatic heterocycles. The third-order valence-electron chi connectivity index (χ3n) is 5.10. The van der Waals surface area contributed by atoms with Gasteiger partial charge in [0.25, 0.3) is 5.91 Å². The quantitative estimate of drug-likeness (QED) is 0.790. The van der Waals surface area contributed by atoms with E-state index in [2.05, 4.69) is 4.98 Å². The number of nitrogens with zero attached hydrogens (tertiary/aromatic N) is 4. The third-order valence-corrected chi connectivity index (χ3v) is 5.10. The third kappa shape index (κ3) is 3.72. The molecule has 1 aromatic carbocycles. The number of aryl methyl sites for hydroxylation is 1. The predicted octanol–water partition coefficient (Wildman–Crippen LogP) is 2.59. The lowest BCUT2D eigenvalue weighted by Gasteiger charge is -2.35. The Morgan fingerprint density at radius 1 is 1.07 bits per heavy atom. The Morgan fingerprint density at radius 2 is 1.76 bits per heavy atom. The normalized spacial score (nSPS) is 16.9. The van der Waals surface area contributed by atoms with E-state index in [9.17, 15) is 18.4 Å². The van der Waals surface area contributed by atoms with Crippen molar-refractivity contribution >= 4 is 23.5 Å². The Bertz CT molecular complexity index is 920. The van der Waals surface area contributed by atoms with Crippen LogP contribution in [0.5, 0.6) is 0 Å². The maximum absolute atomic E-state index is 14.6. The largest absolute Gasteiger partial charge is 0.447 e. The number of cyclic esters (lactones) is 1. The minimum Gasteiger partial charge on any atom is -0.447 e. The van der Waals surface area contributed by atoms with Crippen molar-refractivity contribution in [2.75, 3.05) is 49.1 Å². The first-order valence-corrected chi connectivity index (χ1v) is 9.34. The summed E-state index contributed by atoms with van der Waals surface area (Å²) in [7, 11) is 0. The smallest absolute Gasteiger partial charge is 0.414 e. The second kappa shape index (κ2) is 7.65. The van der Waals surface area contributed by atoms with Gasteiger partial charge in [-0.15, -0.1) is 0 Å². The molecule has 2 aliphatic heterocycles. The van der Waals surface area contributed by atoms with Crippen molar-refractivity contribution in [1.29, 1.82) is 0 Å². The maximum Gasteiger partial charge on any atom is 0.414 e. The fraction of sp³-hybridized carbons (Fsp3) is 0.350. The van der Waals surface area contributed by atoms with Crippen molar-refractivity contribution in [1.82, 2.24) is 9.88 Å². The Kier molecular flexibility index (Phi) is 5.04. The van der Waals surface area contributed by atoms with Crippen molar-refractivity contribution < 1.29 is 23.1 Å². The molecule has 9 heteroatoms. The van der Waals surface area contributed by atoms with Crippen molar-refractivity contribution in [2.45, 2.75) is 6.92 Å². The van der Waals surface area contributed by atoms with Crippen molar-refractivity contribution in [3.8, 4) is 0 Å². The number of hydrogen-bond donors (Lipinski definition) is 0. The molecule has 0 saturated carbocycles. The van der Waals surface area contributed by atoms with Gasteiger partial charge in [0.1, 0.15) is 29.6 Å². The van der Waals surface area contributed by atoms with Gasteiger partial charge in [0, 0.05) is 32.4 Å². The SMILES string of the molecule is Cc1ccc(N2CCN(C(=O)c3c(F)cc(N4CCOC4=O)cc3F)CC2)nc1. The van der Waals surface area contributed by atoms with Gasteiger partial charge in [-0.1, -0.05) is 6.07 Å². The molecule has 2 fully saturated rings. The first-order valence-electron chi connectivity index (χ1n) is 9.34. The first-order chi connectivity index (χ1) is 13.9. The Hall–Kier alpha value is -3.23. The number of carbonyl (C=O) groups excluding carboxylic acids is 2. The van der Waals surface area contributed by atoms with E-state index < -0.39 is 29.2 Å². The minimum atomic E-state index is -0.993. The van der Waals surface area contributed by atoms with Crippen LogP contribution >= 0.6 is 0 Å². The highest BCUT2D eigenvalue weighted by Gasteiger charge is 2.30. The summed E-state index contributed by atoms with van der Waals surface area (Å²) in [6.45, 7) is 4.00. The highest BCUT2D eigenvalue weighted by molar-refractivity contribution is 5.96. The van der Waals surface area contributed by atoms with E-state index in [-0.39, 0.29) is 18.8 Å². The van der Waals surface area contributed by atoms with Gasteiger partial charge in [-0.3, -0.25) is 9.69 Å². The van der Waals surface area contributed by atoms with E-state index in [4.69, 9.17) is 4.74 Å². The molecule has 3 heterocycles. The number of hydrogen-bond acceptors (Lipinski definition) is 5. The molecule has 7 nitrogen and oxygen atoms in total. The fourth-order valence-corrected chi connectivity index (χ4v) is 3.49. The van der Waals surface area contributed by atoms with Crippen molar-refractivity contribution in [3.05, 3.63) is 53.2 Å². The van der Waals surface area contributed by atoms with E-state index in [1.54, 1.807) is 6.20 Å². The number of piperazine rings is 1. The fourth-order valence-electron chi connectivity index (χ4n) is 3.49. The van der Waals surface area contributed by atoms with E-state index >= 15 is 0 Å². The zero-order valence-electron chi connectivity index (χ0n) is 15.9. The molecule has 0 N–H and O–H groups in total. The van der Waals surface area contributed by atoms with Crippen LogP contribution in [0.25, 0.3) is 0 Å². The summed E-state index contributed by atoms with van der Waals surface area (Å²) >= 11 is 0. The van der Waals surface area contributed by atoms with Crippen molar-refractivity contribution in [2.24, 2.45) is 0 Å². The topological polar surface area (TPSA) is 66.0 Å². The molecule has 4 rings (SSSR count). The van der Waals surface area contributed by atoms with Crippen LogP contribution < -0.4 is 9.80 Å². The highest BCUT2D eigenvalue weighted by atomic mass is 19.1. The van der Waals surface area contributed by atoms with Crippen LogP contribution in [0.3, 0.4) is 0 Å². The molecule has 0 unspecified atom stereocenters. The van der Waals surface area contributed by atoms with Crippen LogP contribution in [-0.2, 0) is 4.74 Å². The number of rotatable bonds is 3. The minimum absolute atomic E-state index is 0.0364. The zero-order valence-corrected chi connectivity index (χ0v) is 15.9. The molecule has 0 aliphatic carbocycles. The summed E-state index contributed by atoms with van der Waals surface area (Å²) in [5.41, 5.74) is 0.483. The summed E-state index contributed by atoms with van der Waals surface area (Å²) in [6.07, 6.45) is 1.11. The second-order valence-corrected chi connectivity index (χ2v) is 7.02. The maximum atomic E-state index is 14.6. The molecule has 29 heavy (non-hydrogen) atoms. The summed E-state index contributed by atoms with van der Waals surface area (Å²) < 4.78 is 34.0. The number of anilines is 2. The monoisotopic (exact) mass is 402 g/mol. The van der Waals surface area contributed by atoms with Crippen LogP contribution in [0.2, 0.25) is 0 Å². The number of amides is 2. The summed E-state index contributed by atoms with van der Waals surface area (Å²) in [5, 5.41) is 0. The molecule has 152 valence electrons. The van der Waals surface area contributed by atoms with Gasteiger partial charge in [-0.25, -0.2) is 18.6 Å². The van der Waals surface area contributed by atoms with E-state index in [0.717, 1.165) is 28.4 Å². The van der Waals surface area contributed by atoms with E-state index in [1.165, 1.54) is 4.90 Å². The average molecular weight is 402 g/mol. The number of carbonyl (C=O) groups is 2. The molecular formula is C20H20F2N4O3. The lowest BCUT2D eigenvalue weighted by molar-refractivity contribution is 0.0736. The number of aromatic nitrogens is 1. The van der Waals surface area contributed by atoms with Crippen LogP contribution in [0.1, 0.15) is 15.9 Å². The van der Waals surface area contributed by atoms with Crippen LogP contribution in [0.4, 0.5) is 25.1 Å². The molecule has 2 aliphatic rings. The zero-order chi connectivity index (χ0) is 20.5. The second-order valence-electron chi connectivity index (χ2n) is 7.02. The average Bonchev–Trinajstić information content (AvgIpc) is 3.14. The van der Waals surface area contributed by atoms with Gasteiger partial charge in [-0.2, -0.15) is 0 Å². The van der Waals surface area contributed by atoms with E-state index in [0.29, 0.717) is 26.2 Å². The molecule has 2 aromatic rings. The first kappa shape index (κ1) is 19.1. The van der Waals surface area contributed by atoms with Gasteiger partial charge in [0.2, 0.25) is 0 Å². The lowest BCUT2D eigenvalue weighted by atomic mass is 10.1. The standard InChI is InChI=1S/C20H20F2N4O3/c1-13-2-3-17(23-12-13)24-4-6-25(7-5-24)19(27)18-15(21)10-14(11-16(18)22)26-8-9-29-20(26)28/h2-3,10-12H,4-9H2,1H3. The van der Waals surface area contributed by atoms with Gasteiger partial charge in [-0.05, 0) is 30.7 Å². The molecule has 0 bridgehead atoms.